The number of likely N-dealkylation sites (tertiary alicyclic amines) is 1. The third-order valence-corrected chi connectivity index (χ3v) is 5.56. The zero-order valence-corrected chi connectivity index (χ0v) is 18.1. The van der Waals surface area contributed by atoms with Gasteiger partial charge in [-0.3, -0.25) is 0 Å². The fourth-order valence-corrected chi connectivity index (χ4v) is 4.20. The molecular formula is C20H24BrF3N2O3. The SMILES string of the molecule is CC(C)(C)OC(=O)N1CCC(O)(Cn2ccc3cc(C(F)(F)F)cc(Br)c32)CC1. The number of amides is 1. The van der Waals surface area contributed by atoms with Crippen LogP contribution >= 0.6 is 15.9 Å². The van der Waals surface area contributed by atoms with Crippen molar-refractivity contribution in [2.24, 2.45) is 0 Å². The molecule has 9 heteroatoms. The van der Waals surface area contributed by atoms with Crippen LogP contribution < -0.4 is 0 Å². The van der Waals surface area contributed by atoms with E-state index in [0.29, 0.717) is 41.3 Å². The number of fused-ring (bicyclic) bond motifs is 1. The molecule has 0 aliphatic carbocycles. The molecule has 0 spiro atoms. The Balaban J connectivity index is 1.74. The summed E-state index contributed by atoms with van der Waals surface area (Å²) < 4.78 is 46.5. The molecule has 1 saturated heterocycles. The standard InChI is InChI=1S/C20H24BrF3N2O3/c1-18(2,3)29-17(27)25-8-5-19(28,6-9-25)12-26-7-4-13-10-14(20(22,23)24)11-15(21)16(13)26/h4,7,10-11,28H,5-6,8-9,12H2,1-3H3. The van der Waals surface area contributed by atoms with Crippen molar-refractivity contribution in [2.45, 2.75) is 57.5 Å². The highest BCUT2D eigenvalue weighted by molar-refractivity contribution is 9.10. The Hall–Kier alpha value is -1.74. The summed E-state index contributed by atoms with van der Waals surface area (Å²) in [5.41, 5.74) is -1.77. The third kappa shape index (κ3) is 5.06. The molecule has 1 N–H and O–H groups in total. The molecule has 0 saturated carbocycles. The van der Waals surface area contributed by atoms with Crippen LogP contribution in [0.1, 0.15) is 39.2 Å². The quantitative estimate of drug-likeness (QED) is 0.649. The van der Waals surface area contributed by atoms with Gasteiger partial charge in [0.05, 0.1) is 23.2 Å². The van der Waals surface area contributed by atoms with Gasteiger partial charge in [0.1, 0.15) is 5.60 Å². The van der Waals surface area contributed by atoms with Gasteiger partial charge in [-0.2, -0.15) is 13.2 Å². The molecule has 3 rings (SSSR count). The lowest BCUT2D eigenvalue weighted by Crippen LogP contribution is -2.49. The van der Waals surface area contributed by atoms with Gasteiger partial charge in [-0.05, 0) is 67.7 Å². The first kappa shape index (κ1) is 22.0. The van der Waals surface area contributed by atoms with E-state index in [2.05, 4.69) is 15.9 Å². The molecule has 1 fully saturated rings. The number of hydrogen-bond donors (Lipinski definition) is 1. The average Bonchev–Trinajstić information content (AvgIpc) is 2.96. The minimum Gasteiger partial charge on any atom is -0.444 e. The lowest BCUT2D eigenvalue weighted by Gasteiger charge is -2.39. The van der Waals surface area contributed by atoms with E-state index in [4.69, 9.17) is 4.74 Å². The van der Waals surface area contributed by atoms with E-state index in [1.807, 2.05) is 0 Å². The summed E-state index contributed by atoms with van der Waals surface area (Å²) in [6.07, 6.45) is -2.46. The fourth-order valence-electron chi connectivity index (χ4n) is 3.50. The van der Waals surface area contributed by atoms with Crippen LogP contribution in [0, 0.1) is 0 Å². The van der Waals surface area contributed by atoms with Crippen molar-refractivity contribution in [1.29, 1.82) is 0 Å². The second-order valence-corrected chi connectivity index (χ2v) is 9.38. The van der Waals surface area contributed by atoms with Gasteiger partial charge in [0.2, 0.25) is 0 Å². The number of alkyl halides is 3. The number of aromatic nitrogens is 1. The summed E-state index contributed by atoms with van der Waals surface area (Å²) in [7, 11) is 0. The second-order valence-electron chi connectivity index (χ2n) is 8.53. The summed E-state index contributed by atoms with van der Waals surface area (Å²) >= 11 is 3.24. The monoisotopic (exact) mass is 476 g/mol. The van der Waals surface area contributed by atoms with Crippen LogP contribution in [0.3, 0.4) is 0 Å². The first-order valence-corrected chi connectivity index (χ1v) is 10.1. The predicted octanol–water partition coefficient (Wildman–Crippen LogP) is 5.18. The fraction of sp³-hybridized carbons (Fsp3) is 0.550. The van der Waals surface area contributed by atoms with Crippen LogP contribution in [0.5, 0.6) is 0 Å². The van der Waals surface area contributed by atoms with Crippen molar-refractivity contribution in [1.82, 2.24) is 9.47 Å². The number of piperidine rings is 1. The number of halogens is 4. The molecule has 1 aliphatic rings. The van der Waals surface area contributed by atoms with Crippen LogP contribution in [0.15, 0.2) is 28.9 Å². The molecular weight excluding hydrogens is 453 g/mol. The van der Waals surface area contributed by atoms with Gasteiger partial charge >= 0.3 is 12.3 Å². The summed E-state index contributed by atoms with van der Waals surface area (Å²) in [6.45, 7) is 6.32. The largest absolute Gasteiger partial charge is 0.444 e. The molecule has 2 heterocycles. The van der Waals surface area contributed by atoms with E-state index in [0.717, 1.165) is 12.1 Å². The van der Waals surface area contributed by atoms with Crippen molar-refractivity contribution in [3.63, 3.8) is 0 Å². The molecule has 160 valence electrons. The van der Waals surface area contributed by atoms with E-state index in [1.165, 1.54) is 0 Å². The Morgan fingerprint density at radius 1 is 1.24 bits per heavy atom. The summed E-state index contributed by atoms with van der Waals surface area (Å²) in [5.74, 6) is 0. The highest BCUT2D eigenvalue weighted by Crippen LogP contribution is 2.36. The number of carbonyl (C=O) groups is 1. The van der Waals surface area contributed by atoms with E-state index in [-0.39, 0.29) is 6.54 Å². The number of ether oxygens (including phenoxy) is 1. The summed E-state index contributed by atoms with van der Waals surface area (Å²) in [5, 5.41) is 11.5. The van der Waals surface area contributed by atoms with Crippen molar-refractivity contribution < 1.29 is 27.8 Å². The van der Waals surface area contributed by atoms with Gasteiger partial charge in [0.25, 0.3) is 0 Å². The molecule has 2 aromatic rings. The Labute approximate surface area is 175 Å². The van der Waals surface area contributed by atoms with E-state index in [9.17, 15) is 23.1 Å². The van der Waals surface area contributed by atoms with Crippen LogP contribution in [-0.2, 0) is 17.5 Å². The lowest BCUT2D eigenvalue weighted by atomic mass is 9.91. The third-order valence-electron chi connectivity index (χ3n) is 4.95. The Morgan fingerprint density at radius 2 is 1.86 bits per heavy atom. The number of rotatable bonds is 2. The normalized spacial score (nSPS) is 17.6. The van der Waals surface area contributed by atoms with Gasteiger partial charge in [0, 0.05) is 29.1 Å². The zero-order chi connectivity index (χ0) is 21.6. The highest BCUT2D eigenvalue weighted by Gasteiger charge is 2.36. The highest BCUT2D eigenvalue weighted by atomic mass is 79.9. The molecule has 0 radical (unpaired) electrons. The van der Waals surface area contributed by atoms with Crippen LogP contribution in [0.2, 0.25) is 0 Å². The number of hydrogen-bond acceptors (Lipinski definition) is 3. The van der Waals surface area contributed by atoms with Gasteiger partial charge in [-0.25, -0.2) is 4.79 Å². The number of aliphatic hydroxyl groups is 1. The minimum absolute atomic E-state index is 0.225. The molecule has 1 aromatic heterocycles. The zero-order valence-electron chi connectivity index (χ0n) is 16.5. The average molecular weight is 477 g/mol. The summed E-state index contributed by atoms with van der Waals surface area (Å²) in [6, 6.07) is 3.76. The maximum Gasteiger partial charge on any atom is 0.416 e. The van der Waals surface area contributed by atoms with E-state index in [1.54, 1.807) is 42.5 Å². The Bertz CT molecular complexity index is 910. The molecule has 0 atom stereocenters. The van der Waals surface area contributed by atoms with Crippen LogP contribution in [0.4, 0.5) is 18.0 Å². The van der Waals surface area contributed by atoms with Gasteiger partial charge < -0.3 is 19.3 Å². The Morgan fingerprint density at radius 3 is 2.41 bits per heavy atom. The van der Waals surface area contributed by atoms with Gasteiger partial charge in [0.15, 0.2) is 0 Å². The molecule has 29 heavy (non-hydrogen) atoms. The van der Waals surface area contributed by atoms with E-state index >= 15 is 0 Å². The number of nitrogens with zero attached hydrogens (tertiary/aromatic N) is 2. The molecule has 1 aromatic carbocycles. The predicted molar refractivity (Wildman–Crippen MR) is 107 cm³/mol. The smallest absolute Gasteiger partial charge is 0.416 e. The minimum atomic E-state index is -4.43. The van der Waals surface area contributed by atoms with E-state index < -0.39 is 29.0 Å². The first-order chi connectivity index (χ1) is 13.3. The summed E-state index contributed by atoms with van der Waals surface area (Å²) in [4.78, 5) is 13.8. The maximum absolute atomic E-state index is 13.0. The van der Waals surface area contributed by atoms with Gasteiger partial charge in [-0.1, -0.05) is 0 Å². The molecule has 0 unspecified atom stereocenters. The molecule has 1 aliphatic heterocycles. The first-order valence-electron chi connectivity index (χ1n) is 9.33. The van der Waals surface area contributed by atoms with Crippen molar-refractivity contribution >= 4 is 32.9 Å². The number of carbonyl (C=O) groups excluding carboxylic acids is 1. The van der Waals surface area contributed by atoms with Crippen molar-refractivity contribution in [2.75, 3.05) is 13.1 Å². The lowest BCUT2D eigenvalue weighted by molar-refractivity contribution is -0.137. The second kappa shape index (κ2) is 7.50. The maximum atomic E-state index is 13.0. The topological polar surface area (TPSA) is 54.7 Å². The molecule has 5 nitrogen and oxygen atoms in total. The van der Waals surface area contributed by atoms with Crippen LogP contribution in [0.25, 0.3) is 10.9 Å². The van der Waals surface area contributed by atoms with Crippen LogP contribution in [-0.4, -0.2) is 45.0 Å². The van der Waals surface area contributed by atoms with Crippen molar-refractivity contribution in [3.8, 4) is 0 Å². The molecule has 0 bridgehead atoms. The van der Waals surface area contributed by atoms with Crippen molar-refractivity contribution in [3.05, 3.63) is 34.4 Å². The Kier molecular flexibility index (Phi) is 5.68. The molecule has 1 amide bonds. The van der Waals surface area contributed by atoms with Gasteiger partial charge in [-0.15, -0.1) is 0 Å². The number of benzene rings is 1.